The molecule has 0 unspecified atom stereocenters. The largest absolute Gasteiger partial charge is 0.480 e. The molecule has 0 aliphatic carbocycles. The van der Waals surface area contributed by atoms with Crippen molar-refractivity contribution in [3.8, 4) is 0 Å². The second kappa shape index (κ2) is 3.85. The third-order valence-corrected chi connectivity index (χ3v) is 2.44. The number of imidazole rings is 1. The zero-order valence-electron chi connectivity index (χ0n) is 8.95. The number of hydrogen-bond donors (Lipinski definition) is 1. The molecule has 0 bridgehead atoms. The highest BCUT2D eigenvalue weighted by Gasteiger charge is 2.18. The minimum atomic E-state index is -1.01. The SMILES string of the molecule is Cc1nc2c([N+](=O)[O-])cccc2n1CC(=O)O. The fourth-order valence-corrected chi connectivity index (χ4v) is 1.73. The molecule has 0 aliphatic heterocycles. The average Bonchev–Trinajstić information content (AvgIpc) is 2.54. The smallest absolute Gasteiger partial charge is 0.323 e. The molecule has 2 aromatic rings. The highest BCUT2D eigenvalue weighted by molar-refractivity contribution is 5.86. The predicted octanol–water partition coefficient (Wildman–Crippen LogP) is 1.34. The Balaban J connectivity index is 2.71. The van der Waals surface area contributed by atoms with Crippen LogP contribution in [0.5, 0.6) is 0 Å². The van der Waals surface area contributed by atoms with Crippen LogP contribution in [-0.4, -0.2) is 25.6 Å². The molecule has 2 rings (SSSR count). The molecule has 0 saturated heterocycles. The summed E-state index contributed by atoms with van der Waals surface area (Å²) in [5.74, 6) is -0.574. The van der Waals surface area contributed by atoms with Gasteiger partial charge in [-0.2, -0.15) is 0 Å². The Bertz CT molecular complexity index is 617. The Kier molecular flexibility index (Phi) is 2.51. The Morgan fingerprint density at radius 2 is 2.29 bits per heavy atom. The van der Waals surface area contributed by atoms with E-state index in [-0.39, 0.29) is 17.7 Å². The maximum atomic E-state index is 10.8. The molecule has 1 aromatic carbocycles. The second-order valence-corrected chi connectivity index (χ2v) is 3.54. The van der Waals surface area contributed by atoms with Crippen LogP contribution in [0.25, 0.3) is 11.0 Å². The molecule has 7 nitrogen and oxygen atoms in total. The molecule has 0 amide bonds. The average molecular weight is 235 g/mol. The highest BCUT2D eigenvalue weighted by atomic mass is 16.6. The lowest BCUT2D eigenvalue weighted by Crippen LogP contribution is -2.09. The Labute approximate surface area is 95.5 Å². The lowest BCUT2D eigenvalue weighted by Gasteiger charge is -2.01. The van der Waals surface area contributed by atoms with E-state index < -0.39 is 10.9 Å². The number of nitro benzene ring substituents is 1. The summed E-state index contributed by atoms with van der Waals surface area (Å²) in [6, 6.07) is 4.48. The van der Waals surface area contributed by atoms with Gasteiger partial charge >= 0.3 is 5.97 Å². The third-order valence-electron chi connectivity index (χ3n) is 2.44. The van der Waals surface area contributed by atoms with Crippen LogP contribution >= 0.6 is 0 Å². The Morgan fingerprint density at radius 1 is 1.59 bits per heavy atom. The van der Waals surface area contributed by atoms with E-state index in [2.05, 4.69) is 4.98 Å². The zero-order chi connectivity index (χ0) is 12.6. The lowest BCUT2D eigenvalue weighted by atomic mass is 10.2. The summed E-state index contributed by atoms with van der Waals surface area (Å²) in [5, 5.41) is 19.6. The van der Waals surface area contributed by atoms with E-state index in [1.807, 2.05) is 0 Å². The van der Waals surface area contributed by atoms with Gasteiger partial charge in [0.25, 0.3) is 5.69 Å². The van der Waals surface area contributed by atoms with Crippen molar-refractivity contribution in [1.82, 2.24) is 9.55 Å². The number of aryl methyl sites for hydroxylation is 1. The highest BCUT2D eigenvalue weighted by Crippen LogP contribution is 2.25. The first-order chi connectivity index (χ1) is 8.00. The summed E-state index contributed by atoms with van der Waals surface area (Å²) in [6.07, 6.45) is 0. The number of aromatic nitrogens is 2. The number of nitrogens with zero attached hydrogens (tertiary/aromatic N) is 3. The van der Waals surface area contributed by atoms with Crippen LogP contribution < -0.4 is 0 Å². The Morgan fingerprint density at radius 3 is 2.88 bits per heavy atom. The van der Waals surface area contributed by atoms with E-state index in [1.54, 1.807) is 13.0 Å². The third kappa shape index (κ3) is 1.82. The van der Waals surface area contributed by atoms with Crippen molar-refractivity contribution in [1.29, 1.82) is 0 Å². The molecule has 0 fully saturated rings. The summed E-state index contributed by atoms with van der Waals surface area (Å²) in [4.78, 5) is 25.0. The van der Waals surface area contributed by atoms with E-state index in [0.717, 1.165) is 0 Å². The van der Waals surface area contributed by atoms with Gasteiger partial charge in [-0.3, -0.25) is 14.9 Å². The topological polar surface area (TPSA) is 98.3 Å². The van der Waals surface area contributed by atoms with Crippen molar-refractivity contribution in [2.45, 2.75) is 13.5 Å². The quantitative estimate of drug-likeness (QED) is 0.639. The summed E-state index contributed by atoms with van der Waals surface area (Å²) in [6.45, 7) is 1.36. The van der Waals surface area contributed by atoms with Crippen LogP contribution in [0.3, 0.4) is 0 Å². The van der Waals surface area contributed by atoms with E-state index in [4.69, 9.17) is 5.11 Å². The molecule has 88 valence electrons. The molecule has 1 heterocycles. The fourth-order valence-electron chi connectivity index (χ4n) is 1.73. The number of nitro groups is 1. The van der Waals surface area contributed by atoms with Crippen molar-refractivity contribution >= 4 is 22.7 Å². The molecule has 0 saturated carbocycles. The van der Waals surface area contributed by atoms with E-state index in [0.29, 0.717) is 11.3 Å². The van der Waals surface area contributed by atoms with Crippen LogP contribution in [0.15, 0.2) is 18.2 Å². The van der Waals surface area contributed by atoms with Crippen molar-refractivity contribution in [3.63, 3.8) is 0 Å². The summed E-state index contributed by atoms with van der Waals surface area (Å²) in [7, 11) is 0. The maximum Gasteiger partial charge on any atom is 0.323 e. The molecular formula is C10H9N3O4. The monoisotopic (exact) mass is 235 g/mol. The number of non-ortho nitro benzene ring substituents is 1. The molecule has 1 N–H and O–H groups in total. The van der Waals surface area contributed by atoms with Crippen molar-refractivity contribution in [2.75, 3.05) is 0 Å². The minimum absolute atomic E-state index is 0.116. The van der Waals surface area contributed by atoms with Crippen LogP contribution in [0, 0.1) is 17.0 Å². The van der Waals surface area contributed by atoms with Crippen molar-refractivity contribution < 1.29 is 14.8 Å². The molecule has 1 aromatic heterocycles. The molecule has 0 spiro atoms. The summed E-state index contributed by atoms with van der Waals surface area (Å²) in [5.41, 5.74) is 0.560. The number of aliphatic carboxylic acids is 1. The van der Waals surface area contributed by atoms with Gasteiger partial charge in [-0.25, -0.2) is 4.98 Å². The molecule has 7 heteroatoms. The van der Waals surface area contributed by atoms with Gasteiger partial charge in [0.15, 0.2) is 5.52 Å². The number of carboxylic acid groups (broad SMARTS) is 1. The fraction of sp³-hybridized carbons (Fsp3) is 0.200. The molecule has 17 heavy (non-hydrogen) atoms. The number of rotatable bonds is 3. The molecule has 0 aliphatic rings. The van der Waals surface area contributed by atoms with E-state index >= 15 is 0 Å². The van der Waals surface area contributed by atoms with Crippen LogP contribution in [-0.2, 0) is 11.3 Å². The predicted molar refractivity (Wildman–Crippen MR) is 58.8 cm³/mol. The number of benzene rings is 1. The number of carbonyl (C=O) groups is 1. The molecule has 0 radical (unpaired) electrons. The zero-order valence-corrected chi connectivity index (χ0v) is 8.95. The van der Waals surface area contributed by atoms with Crippen LogP contribution in [0.2, 0.25) is 0 Å². The number of fused-ring (bicyclic) bond motifs is 1. The summed E-state index contributed by atoms with van der Waals surface area (Å²) >= 11 is 0. The minimum Gasteiger partial charge on any atom is -0.480 e. The van der Waals surface area contributed by atoms with E-state index in [9.17, 15) is 14.9 Å². The van der Waals surface area contributed by atoms with Gasteiger partial charge in [-0.1, -0.05) is 6.07 Å². The van der Waals surface area contributed by atoms with Crippen LogP contribution in [0.4, 0.5) is 5.69 Å². The second-order valence-electron chi connectivity index (χ2n) is 3.54. The van der Waals surface area contributed by atoms with Gasteiger partial charge in [0.1, 0.15) is 12.4 Å². The number of hydrogen-bond acceptors (Lipinski definition) is 4. The van der Waals surface area contributed by atoms with Gasteiger partial charge in [0.2, 0.25) is 0 Å². The first-order valence-electron chi connectivity index (χ1n) is 4.82. The van der Waals surface area contributed by atoms with Gasteiger partial charge in [-0.15, -0.1) is 0 Å². The van der Waals surface area contributed by atoms with Gasteiger partial charge in [-0.05, 0) is 13.0 Å². The van der Waals surface area contributed by atoms with Crippen LogP contribution in [0.1, 0.15) is 5.82 Å². The van der Waals surface area contributed by atoms with Crippen molar-refractivity contribution in [3.05, 3.63) is 34.1 Å². The lowest BCUT2D eigenvalue weighted by molar-refractivity contribution is -0.383. The summed E-state index contributed by atoms with van der Waals surface area (Å²) < 4.78 is 1.44. The first-order valence-corrected chi connectivity index (χ1v) is 4.82. The normalized spacial score (nSPS) is 10.6. The van der Waals surface area contributed by atoms with Gasteiger partial charge < -0.3 is 9.67 Å². The molecule has 0 atom stereocenters. The number of para-hydroxylation sites is 1. The molecular weight excluding hydrogens is 226 g/mol. The Hall–Kier alpha value is -2.44. The van der Waals surface area contributed by atoms with E-state index in [1.165, 1.54) is 16.7 Å². The standard InChI is InChI=1S/C10H9N3O4/c1-6-11-10-7(12(6)5-9(14)15)3-2-4-8(10)13(16)17/h2-4H,5H2,1H3,(H,14,15). The number of carboxylic acids is 1. The van der Waals surface area contributed by atoms with Gasteiger partial charge in [0, 0.05) is 6.07 Å². The first kappa shape index (κ1) is 11.1. The van der Waals surface area contributed by atoms with Gasteiger partial charge in [0.05, 0.1) is 10.4 Å². The maximum absolute atomic E-state index is 10.8. The van der Waals surface area contributed by atoms with Crippen molar-refractivity contribution in [2.24, 2.45) is 0 Å².